The van der Waals surface area contributed by atoms with Crippen LogP contribution in [-0.2, 0) is 16.6 Å². The van der Waals surface area contributed by atoms with Crippen molar-refractivity contribution in [2.45, 2.75) is 50.1 Å². The number of Topliss-reactive ketones (excluding diaryl/α,β-unsaturated/α-hetero) is 1. The molecule has 0 spiro atoms. The fraction of sp³-hybridized carbons (Fsp3) is 0.346. The summed E-state index contributed by atoms with van der Waals surface area (Å²) >= 11 is 0. The van der Waals surface area contributed by atoms with Gasteiger partial charge in [0.25, 0.3) is 5.60 Å². The van der Waals surface area contributed by atoms with Crippen molar-refractivity contribution in [3.63, 3.8) is 0 Å². The van der Waals surface area contributed by atoms with Crippen LogP contribution in [-0.4, -0.2) is 22.7 Å². The van der Waals surface area contributed by atoms with Crippen molar-refractivity contribution < 1.29 is 36.0 Å². The highest BCUT2D eigenvalue weighted by Gasteiger charge is 2.62. The van der Waals surface area contributed by atoms with E-state index in [1.54, 1.807) is 6.07 Å². The van der Waals surface area contributed by atoms with E-state index in [0.717, 1.165) is 31.4 Å². The van der Waals surface area contributed by atoms with Crippen LogP contribution in [0.15, 0.2) is 60.0 Å². The predicted molar refractivity (Wildman–Crippen MR) is 119 cm³/mol. The molecule has 36 heavy (non-hydrogen) atoms. The minimum atomic E-state index is -5.06. The van der Waals surface area contributed by atoms with Crippen molar-refractivity contribution in [1.82, 2.24) is 4.98 Å². The summed E-state index contributed by atoms with van der Waals surface area (Å²) in [4.78, 5) is 21.8. The summed E-state index contributed by atoms with van der Waals surface area (Å²) < 4.78 is 82.6. The molecule has 1 saturated carbocycles. The van der Waals surface area contributed by atoms with Gasteiger partial charge in [-0.05, 0) is 35.9 Å². The van der Waals surface area contributed by atoms with E-state index in [1.165, 1.54) is 24.5 Å². The van der Waals surface area contributed by atoms with Gasteiger partial charge in [0.1, 0.15) is 0 Å². The first-order valence-electron chi connectivity index (χ1n) is 11.4. The van der Waals surface area contributed by atoms with Gasteiger partial charge in [-0.2, -0.15) is 26.3 Å². The third-order valence-corrected chi connectivity index (χ3v) is 6.75. The Balaban J connectivity index is 1.52. The van der Waals surface area contributed by atoms with Crippen LogP contribution in [0.1, 0.15) is 59.2 Å². The second-order valence-corrected chi connectivity index (χ2v) is 9.20. The van der Waals surface area contributed by atoms with Gasteiger partial charge in [0, 0.05) is 47.3 Å². The molecule has 1 fully saturated rings. The molecule has 1 atom stereocenters. The van der Waals surface area contributed by atoms with Crippen LogP contribution in [0.4, 0.5) is 26.3 Å². The summed E-state index contributed by atoms with van der Waals surface area (Å²) in [7, 11) is 0. The van der Waals surface area contributed by atoms with Crippen LogP contribution in [0.3, 0.4) is 0 Å². The lowest BCUT2D eigenvalue weighted by molar-refractivity contribution is -0.276. The molecule has 10 heteroatoms. The first-order valence-corrected chi connectivity index (χ1v) is 11.4. The molecular formula is C26H20F6N2O2. The van der Waals surface area contributed by atoms with Crippen LogP contribution < -0.4 is 0 Å². The second-order valence-electron chi connectivity index (χ2n) is 9.20. The monoisotopic (exact) mass is 506 g/mol. The van der Waals surface area contributed by atoms with Gasteiger partial charge in [-0.25, -0.2) is 0 Å². The predicted octanol–water partition coefficient (Wildman–Crippen LogP) is 7.21. The van der Waals surface area contributed by atoms with Gasteiger partial charge in [-0.3, -0.25) is 9.78 Å². The first kappa shape index (κ1) is 24.3. The Morgan fingerprint density at radius 2 is 1.81 bits per heavy atom. The van der Waals surface area contributed by atoms with Crippen molar-refractivity contribution in [3.8, 4) is 0 Å². The topological polar surface area (TPSA) is 51.5 Å². The summed E-state index contributed by atoms with van der Waals surface area (Å²) in [6.45, 7) is 0. The van der Waals surface area contributed by atoms with Gasteiger partial charge < -0.3 is 4.84 Å². The SMILES string of the molecule is O=C(CCC1CC1)c1ccc(C2=NO[C@@](c3cccc(C(F)(F)F)c3)(C(F)(F)F)C2)c2ccncc12. The highest BCUT2D eigenvalue weighted by atomic mass is 19.4. The van der Waals surface area contributed by atoms with Gasteiger partial charge >= 0.3 is 12.4 Å². The number of benzene rings is 2. The van der Waals surface area contributed by atoms with Crippen LogP contribution in [0.2, 0.25) is 0 Å². The Labute approximate surface area is 202 Å². The fourth-order valence-corrected chi connectivity index (χ4v) is 4.56. The number of aromatic nitrogens is 1. The van der Waals surface area contributed by atoms with E-state index in [1.807, 2.05) is 0 Å². The Kier molecular flexibility index (Phi) is 5.80. The summed E-state index contributed by atoms with van der Waals surface area (Å²) in [6.07, 6.45) is -4.41. The zero-order chi connectivity index (χ0) is 25.7. The van der Waals surface area contributed by atoms with Gasteiger partial charge in [0.05, 0.1) is 11.3 Å². The average Bonchev–Trinajstić information content (AvgIpc) is 3.56. The Morgan fingerprint density at radius 3 is 2.50 bits per heavy atom. The van der Waals surface area contributed by atoms with Gasteiger partial charge in [0.15, 0.2) is 5.78 Å². The molecule has 1 aliphatic carbocycles. The molecule has 3 aromatic rings. The molecule has 0 N–H and O–H groups in total. The van der Waals surface area contributed by atoms with Crippen LogP contribution >= 0.6 is 0 Å². The molecule has 0 amide bonds. The van der Waals surface area contributed by atoms with Crippen molar-refractivity contribution in [1.29, 1.82) is 0 Å². The Morgan fingerprint density at radius 1 is 1.03 bits per heavy atom. The number of rotatable bonds is 6. The number of oxime groups is 1. The number of pyridine rings is 1. The van der Waals surface area contributed by atoms with E-state index < -0.39 is 35.5 Å². The number of alkyl halides is 6. The van der Waals surface area contributed by atoms with Crippen molar-refractivity contribution in [3.05, 3.63) is 77.1 Å². The molecule has 2 aliphatic rings. The summed E-state index contributed by atoms with van der Waals surface area (Å²) in [6, 6.07) is 7.62. The maximum absolute atomic E-state index is 14.3. The molecule has 1 aliphatic heterocycles. The summed E-state index contributed by atoms with van der Waals surface area (Å²) in [5.74, 6) is 0.485. The number of nitrogens with zero attached hydrogens (tertiary/aromatic N) is 2. The van der Waals surface area contributed by atoms with Gasteiger partial charge in [-0.1, -0.05) is 42.3 Å². The van der Waals surface area contributed by atoms with Crippen molar-refractivity contribution >= 4 is 22.3 Å². The number of carbonyl (C=O) groups is 1. The molecule has 2 aromatic carbocycles. The van der Waals surface area contributed by atoms with Crippen LogP contribution in [0, 0.1) is 5.92 Å². The van der Waals surface area contributed by atoms with Crippen molar-refractivity contribution in [2.24, 2.45) is 11.1 Å². The lowest BCUT2D eigenvalue weighted by Gasteiger charge is -2.30. The van der Waals surface area contributed by atoms with Gasteiger partial charge in [0.2, 0.25) is 0 Å². The summed E-state index contributed by atoms with van der Waals surface area (Å²) in [5.41, 5.74) is -4.36. The molecular weight excluding hydrogens is 486 g/mol. The van der Waals surface area contributed by atoms with E-state index in [0.29, 0.717) is 46.4 Å². The van der Waals surface area contributed by atoms with E-state index in [9.17, 15) is 31.1 Å². The fourth-order valence-electron chi connectivity index (χ4n) is 4.56. The maximum Gasteiger partial charge on any atom is 0.435 e. The van der Waals surface area contributed by atoms with Crippen molar-refractivity contribution in [2.75, 3.05) is 0 Å². The van der Waals surface area contributed by atoms with E-state index >= 15 is 0 Å². The van der Waals surface area contributed by atoms with Crippen LogP contribution in [0.5, 0.6) is 0 Å². The smallest absolute Gasteiger partial charge is 0.374 e. The van der Waals surface area contributed by atoms with E-state index in [-0.39, 0.29) is 11.5 Å². The average molecular weight is 506 g/mol. The van der Waals surface area contributed by atoms with Gasteiger partial charge in [-0.15, -0.1) is 0 Å². The Hall–Kier alpha value is -3.43. The summed E-state index contributed by atoms with van der Waals surface area (Å²) in [5, 5.41) is 4.64. The first-order chi connectivity index (χ1) is 17.0. The number of ketones is 1. The molecule has 188 valence electrons. The third kappa shape index (κ3) is 4.33. The van der Waals surface area contributed by atoms with E-state index in [4.69, 9.17) is 4.84 Å². The van der Waals surface area contributed by atoms with E-state index in [2.05, 4.69) is 10.1 Å². The highest BCUT2D eigenvalue weighted by Crippen LogP contribution is 2.50. The molecule has 5 rings (SSSR count). The maximum atomic E-state index is 14.3. The second kappa shape index (κ2) is 8.60. The standard InChI is InChI=1S/C26H20F6N2O2/c27-25(28,29)17-3-1-2-16(12-17)24(26(30,31)32)13-22(34-36-24)19-7-8-20(21-14-33-11-10-18(19)21)23(35)9-6-15-4-5-15/h1-3,7-8,10-12,14-15H,4-6,9,13H2/t24-/m0/s1. The number of fused-ring (bicyclic) bond motifs is 1. The zero-order valence-corrected chi connectivity index (χ0v) is 18.8. The minimum Gasteiger partial charge on any atom is -0.374 e. The highest BCUT2D eigenvalue weighted by molar-refractivity contribution is 6.16. The Bertz CT molecular complexity index is 1360. The molecule has 4 nitrogen and oxygen atoms in total. The lowest BCUT2D eigenvalue weighted by Crippen LogP contribution is -2.42. The third-order valence-electron chi connectivity index (χ3n) is 6.75. The number of halogens is 6. The number of carbonyl (C=O) groups excluding carboxylic acids is 1. The minimum absolute atomic E-state index is 0.0790. The number of hydrogen-bond acceptors (Lipinski definition) is 4. The molecule has 0 bridgehead atoms. The largest absolute Gasteiger partial charge is 0.435 e. The normalized spacial score (nSPS) is 20.3. The van der Waals surface area contributed by atoms with Crippen LogP contribution in [0.25, 0.3) is 10.8 Å². The lowest BCUT2D eigenvalue weighted by atomic mass is 9.84. The quantitative estimate of drug-likeness (QED) is 0.262. The molecule has 0 radical (unpaired) electrons. The number of hydrogen-bond donors (Lipinski definition) is 0. The molecule has 1 aromatic heterocycles. The molecule has 0 unspecified atom stereocenters. The molecule has 0 saturated heterocycles. The zero-order valence-electron chi connectivity index (χ0n) is 18.8. The molecule has 2 heterocycles.